The SMILES string of the molecule is Fc1cccc(NC(=S)NC2CCCCC2)c1. The molecule has 4 heteroatoms. The van der Waals surface area contributed by atoms with Gasteiger partial charge in [0.15, 0.2) is 5.11 Å². The van der Waals surface area contributed by atoms with Crippen LogP contribution in [-0.2, 0) is 0 Å². The summed E-state index contributed by atoms with van der Waals surface area (Å²) in [5.41, 5.74) is 0.693. The van der Waals surface area contributed by atoms with Gasteiger partial charge in [0.25, 0.3) is 0 Å². The Morgan fingerprint density at radius 3 is 2.71 bits per heavy atom. The van der Waals surface area contributed by atoms with Gasteiger partial charge in [0, 0.05) is 11.7 Å². The van der Waals surface area contributed by atoms with E-state index < -0.39 is 0 Å². The van der Waals surface area contributed by atoms with Crippen LogP contribution in [0.5, 0.6) is 0 Å². The van der Waals surface area contributed by atoms with Crippen molar-refractivity contribution in [1.82, 2.24) is 5.32 Å². The summed E-state index contributed by atoms with van der Waals surface area (Å²) < 4.78 is 13.0. The first-order valence-electron chi connectivity index (χ1n) is 6.07. The Labute approximate surface area is 107 Å². The zero-order valence-corrected chi connectivity index (χ0v) is 10.5. The summed E-state index contributed by atoms with van der Waals surface area (Å²) in [6.45, 7) is 0. The predicted octanol–water partition coefficient (Wildman–Crippen LogP) is 3.44. The summed E-state index contributed by atoms with van der Waals surface area (Å²) in [7, 11) is 0. The molecule has 2 N–H and O–H groups in total. The Kier molecular flexibility index (Phi) is 4.31. The second-order valence-corrected chi connectivity index (χ2v) is 4.85. The zero-order chi connectivity index (χ0) is 12.1. The van der Waals surface area contributed by atoms with Crippen molar-refractivity contribution >= 4 is 23.0 Å². The molecule has 0 atom stereocenters. The highest BCUT2D eigenvalue weighted by Gasteiger charge is 2.13. The van der Waals surface area contributed by atoms with E-state index in [-0.39, 0.29) is 5.82 Å². The summed E-state index contributed by atoms with van der Waals surface area (Å²) in [5.74, 6) is -0.254. The van der Waals surface area contributed by atoms with Gasteiger partial charge in [-0.15, -0.1) is 0 Å². The molecule has 0 saturated heterocycles. The molecule has 2 nitrogen and oxygen atoms in total. The Hall–Kier alpha value is -1.16. The predicted molar refractivity (Wildman–Crippen MR) is 72.6 cm³/mol. The molecule has 1 aromatic rings. The van der Waals surface area contributed by atoms with Crippen LogP contribution in [0.2, 0.25) is 0 Å². The highest BCUT2D eigenvalue weighted by atomic mass is 32.1. The fourth-order valence-electron chi connectivity index (χ4n) is 2.17. The Morgan fingerprint density at radius 2 is 2.00 bits per heavy atom. The van der Waals surface area contributed by atoms with E-state index in [0.717, 1.165) is 0 Å². The number of rotatable bonds is 2. The third kappa shape index (κ3) is 3.97. The van der Waals surface area contributed by atoms with Crippen molar-refractivity contribution in [3.8, 4) is 0 Å². The lowest BCUT2D eigenvalue weighted by molar-refractivity contribution is 0.415. The first-order chi connectivity index (χ1) is 8.24. The van der Waals surface area contributed by atoms with Crippen molar-refractivity contribution in [3.05, 3.63) is 30.1 Å². The number of hydrogen-bond donors (Lipinski definition) is 2. The first-order valence-corrected chi connectivity index (χ1v) is 6.48. The van der Waals surface area contributed by atoms with Gasteiger partial charge in [-0.05, 0) is 43.3 Å². The van der Waals surface area contributed by atoms with Gasteiger partial charge >= 0.3 is 0 Å². The maximum atomic E-state index is 13.0. The highest BCUT2D eigenvalue weighted by molar-refractivity contribution is 7.80. The molecule has 0 radical (unpaired) electrons. The number of benzene rings is 1. The lowest BCUT2D eigenvalue weighted by Gasteiger charge is -2.24. The minimum atomic E-state index is -0.254. The maximum absolute atomic E-state index is 13.0. The zero-order valence-electron chi connectivity index (χ0n) is 9.71. The highest BCUT2D eigenvalue weighted by Crippen LogP contribution is 2.17. The number of thiocarbonyl (C=S) groups is 1. The van der Waals surface area contributed by atoms with Gasteiger partial charge in [0.1, 0.15) is 5.82 Å². The van der Waals surface area contributed by atoms with Crippen molar-refractivity contribution in [2.75, 3.05) is 5.32 Å². The van der Waals surface area contributed by atoms with E-state index in [1.54, 1.807) is 12.1 Å². The van der Waals surface area contributed by atoms with Crippen LogP contribution in [0.25, 0.3) is 0 Å². The van der Waals surface area contributed by atoms with Gasteiger partial charge in [-0.25, -0.2) is 4.39 Å². The van der Waals surface area contributed by atoms with Gasteiger partial charge in [0.2, 0.25) is 0 Å². The summed E-state index contributed by atoms with van der Waals surface area (Å²) >= 11 is 5.22. The quantitative estimate of drug-likeness (QED) is 0.788. The molecular formula is C13H17FN2S. The molecule has 0 heterocycles. The molecule has 1 aliphatic carbocycles. The number of hydrogen-bond acceptors (Lipinski definition) is 1. The van der Waals surface area contributed by atoms with E-state index in [0.29, 0.717) is 16.8 Å². The Bertz CT molecular complexity index is 389. The van der Waals surface area contributed by atoms with Gasteiger partial charge in [-0.2, -0.15) is 0 Å². The summed E-state index contributed by atoms with van der Waals surface area (Å²) in [4.78, 5) is 0. The van der Waals surface area contributed by atoms with E-state index in [4.69, 9.17) is 12.2 Å². The van der Waals surface area contributed by atoms with E-state index in [1.165, 1.54) is 44.2 Å². The largest absolute Gasteiger partial charge is 0.360 e. The van der Waals surface area contributed by atoms with Crippen molar-refractivity contribution in [2.45, 2.75) is 38.1 Å². The minimum absolute atomic E-state index is 0.254. The lowest BCUT2D eigenvalue weighted by atomic mass is 9.96. The average Bonchev–Trinajstić information content (AvgIpc) is 2.30. The molecule has 0 unspecified atom stereocenters. The van der Waals surface area contributed by atoms with E-state index in [2.05, 4.69) is 10.6 Å². The minimum Gasteiger partial charge on any atom is -0.360 e. The Balaban J connectivity index is 1.84. The second-order valence-electron chi connectivity index (χ2n) is 4.44. The normalized spacial score (nSPS) is 16.5. The van der Waals surface area contributed by atoms with Crippen LogP contribution in [0.4, 0.5) is 10.1 Å². The standard InChI is InChI=1S/C13H17FN2S/c14-10-5-4-8-12(9-10)16-13(17)15-11-6-2-1-3-7-11/h4-5,8-9,11H,1-3,6-7H2,(H2,15,16,17). The van der Waals surface area contributed by atoms with Crippen LogP contribution in [0, 0.1) is 5.82 Å². The molecule has 92 valence electrons. The van der Waals surface area contributed by atoms with E-state index >= 15 is 0 Å². The van der Waals surface area contributed by atoms with E-state index in [1.807, 2.05) is 0 Å². The topological polar surface area (TPSA) is 24.1 Å². The van der Waals surface area contributed by atoms with Gasteiger partial charge in [-0.3, -0.25) is 0 Å². The average molecular weight is 252 g/mol. The maximum Gasteiger partial charge on any atom is 0.170 e. The molecule has 17 heavy (non-hydrogen) atoms. The number of nitrogens with one attached hydrogen (secondary N) is 2. The second kappa shape index (κ2) is 5.96. The molecule has 1 aromatic carbocycles. The van der Waals surface area contributed by atoms with E-state index in [9.17, 15) is 4.39 Å². The molecule has 2 rings (SSSR count). The van der Waals surface area contributed by atoms with Crippen molar-refractivity contribution in [1.29, 1.82) is 0 Å². The lowest BCUT2D eigenvalue weighted by Crippen LogP contribution is -2.38. The van der Waals surface area contributed by atoms with Gasteiger partial charge < -0.3 is 10.6 Å². The van der Waals surface area contributed by atoms with Crippen LogP contribution in [0.1, 0.15) is 32.1 Å². The molecule has 0 amide bonds. The monoisotopic (exact) mass is 252 g/mol. The third-order valence-corrected chi connectivity index (χ3v) is 3.24. The Morgan fingerprint density at radius 1 is 1.24 bits per heavy atom. The molecule has 1 aliphatic rings. The summed E-state index contributed by atoms with van der Waals surface area (Å²) in [6.07, 6.45) is 6.19. The molecule has 1 fully saturated rings. The van der Waals surface area contributed by atoms with Gasteiger partial charge in [-0.1, -0.05) is 25.3 Å². The van der Waals surface area contributed by atoms with Crippen LogP contribution in [0.15, 0.2) is 24.3 Å². The van der Waals surface area contributed by atoms with Crippen molar-refractivity contribution < 1.29 is 4.39 Å². The summed E-state index contributed by atoms with van der Waals surface area (Å²) in [6, 6.07) is 6.80. The first kappa shape index (κ1) is 12.3. The molecule has 0 spiro atoms. The van der Waals surface area contributed by atoms with Crippen molar-refractivity contribution in [3.63, 3.8) is 0 Å². The summed E-state index contributed by atoms with van der Waals surface area (Å²) in [5, 5.41) is 6.88. The molecule has 0 aliphatic heterocycles. The molecule has 0 aromatic heterocycles. The van der Waals surface area contributed by atoms with Crippen LogP contribution < -0.4 is 10.6 Å². The molecular weight excluding hydrogens is 235 g/mol. The fourth-order valence-corrected chi connectivity index (χ4v) is 2.45. The smallest absolute Gasteiger partial charge is 0.170 e. The molecule has 1 saturated carbocycles. The fraction of sp³-hybridized carbons (Fsp3) is 0.462. The van der Waals surface area contributed by atoms with Crippen LogP contribution >= 0.6 is 12.2 Å². The van der Waals surface area contributed by atoms with Crippen LogP contribution in [-0.4, -0.2) is 11.2 Å². The number of halogens is 1. The van der Waals surface area contributed by atoms with Gasteiger partial charge in [0.05, 0.1) is 0 Å². The van der Waals surface area contributed by atoms with Crippen molar-refractivity contribution in [2.24, 2.45) is 0 Å². The third-order valence-electron chi connectivity index (χ3n) is 3.02. The molecule has 0 bridgehead atoms. The van der Waals surface area contributed by atoms with Crippen LogP contribution in [0.3, 0.4) is 0 Å². The number of anilines is 1.